The quantitative estimate of drug-likeness (QED) is 0.786. The maximum absolute atomic E-state index is 12.3. The fourth-order valence-corrected chi connectivity index (χ4v) is 3.66. The standard InChI is InChI=1S/C16H19BrN2O2/c1-2-12-5-3-4-8-18(12)10-19-14-7-6-11(17)9-13(14)15(20)16(19)21/h6-7,9,12H,2-5,8,10H2,1H3/t12-/m0/s1. The highest BCUT2D eigenvalue weighted by molar-refractivity contribution is 9.10. The van der Waals surface area contributed by atoms with Crippen molar-refractivity contribution in [3.8, 4) is 0 Å². The van der Waals surface area contributed by atoms with E-state index in [1.165, 1.54) is 19.3 Å². The van der Waals surface area contributed by atoms with Gasteiger partial charge in [0.2, 0.25) is 0 Å². The summed E-state index contributed by atoms with van der Waals surface area (Å²) in [4.78, 5) is 28.4. The van der Waals surface area contributed by atoms with Gasteiger partial charge in [0, 0.05) is 17.1 Å². The average molecular weight is 351 g/mol. The van der Waals surface area contributed by atoms with Gasteiger partial charge in [-0.2, -0.15) is 0 Å². The van der Waals surface area contributed by atoms with Crippen molar-refractivity contribution in [2.75, 3.05) is 18.1 Å². The molecule has 1 fully saturated rings. The van der Waals surface area contributed by atoms with Crippen molar-refractivity contribution >= 4 is 33.3 Å². The van der Waals surface area contributed by atoms with E-state index in [0.29, 0.717) is 18.3 Å². The van der Waals surface area contributed by atoms with Crippen molar-refractivity contribution in [1.29, 1.82) is 0 Å². The second-order valence-corrected chi connectivity index (χ2v) is 6.65. The van der Waals surface area contributed by atoms with Crippen LogP contribution in [0.3, 0.4) is 0 Å². The first-order chi connectivity index (χ1) is 10.1. The fraction of sp³-hybridized carbons (Fsp3) is 0.500. The van der Waals surface area contributed by atoms with Crippen LogP contribution in [-0.4, -0.2) is 35.8 Å². The Morgan fingerprint density at radius 2 is 2.10 bits per heavy atom. The number of anilines is 1. The Bertz CT molecular complexity index is 588. The first kappa shape index (κ1) is 14.7. The summed E-state index contributed by atoms with van der Waals surface area (Å²) >= 11 is 3.36. The van der Waals surface area contributed by atoms with Crippen molar-refractivity contribution in [2.45, 2.75) is 38.6 Å². The van der Waals surface area contributed by atoms with Crippen LogP contribution in [0.2, 0.25) is 0 Å². The number of hydrogen-bond donors (Lipinski definition) is 0. The molecule has 0 radical (unpaired) electrons. The molecule has 1 saturated heterocycles. The highest BCUT2D eigenvalue weighted by Crippen LogP contribution is 2.32. The molecule has 2 aliphatic rings. The second-order valence-electron chi connectivity index (χ2n) is 5.74. The molecular formula is C16H19BrN2O2. The van der Waals surface area contributed by atoms with Crippen molar-refractivity contribution in [2.24, 2.45) is 0 Å². The van der Waals surface area contributed by atoms with E-state index in [9.17, 15) is 9.59 Å². The molecule has 0 saturated carbocycles. The van der Waals surface area contributed by atoms with Gasteiger partial charge >= 0.3 is 5.91 Å². The fourth-order valence-electron chi connectivity index (χ4n) is 3.30. The topological polar surface area (TPSA) is 40.6 Å². The summed E-state index contributed by atoms with van der Waals surface area (Å²) in [5.41, 5.74) is 1.26. The van der Waals surface area contributed by atoms with Crippen LogP contribution in [0.1, 0.15) is 43.0 Å². The van der Waals surface area contributed by atoms with Crippen molar-refractivity contribution in [1.82, 2.24) is 4.90 Å². The van der Waals surface area contributed by atoms with Crippen molar-refractivity contribution in [3.63, 3.8) is 0 Å². The molecule has 112 valence electrons. The van der Waals surface area contributed by atoms with E-state index in [0.717, 1.165) is 23.1 Å². The lowest BCUT2D eigenvalue weighted by atomic mass is 10.0. The Hall–Kier alpha value is -1.20. The van der Waals surface area contributed by atoms with Crippen molar-refractivity contribution in [3.05, 3.63) is 28.2 Å². The molecule has 0 unspecified atom stereocenters. The van der Waals surface area contributed by atoms with E-state index in [-0.39, 0.29) is 0 Å². The zero-order valence-corrected chi connectivity index (χ0v) is 13.7. The van der Waals surface area contributed by atoms with E-state index >= 15 is 0 Å². The minimum Gasteiger partial charge on any atom is -0.291 e. The number of carbonyl (C=O) groups is 2. The molecule has 0 bridgehead atoms. The number of benzene rings is 1. The van der Waals surface area contributed by atoms with Crippen LogP contribution in [0.4, 0.5) is 5.69 Å². The third-order valence-electron chi connectivity index (χ3n) is 4.48. The maximum Gasteiger partial charge on any atom is 0.300 e. The summed E-state index contributed by atoms with van der Waals surface area (Å²) in [7, 11) is 0. The van der Waals surface area contributed by atoms with Gasteiger partial charge in [-0.3, -0.25) is 19.4 Å². The highest BCUT2D eigenvalue weighted by atomic mass is 79.9. The molecule has 1 aromatic rings. The molecule has 1 amide bonds. The number of halogens is 1. The molecule has 21 heavy (non-hydrogen) atoms. The Morgan fingerprint density at radius 1 is 1.29 bits per heavy atom. The zero-order valence-electron chi connectivity index (χ0n) is 12.1. The number of nitrogens with zero attached hydrogens (tertiary/aromatic N) is 2. The smallest absolute Gasteiger partial charge is 0.291 e. The Balaban J connectivity index is 1.86. The molecular weight excluding hydrogens is 332 g/mol. The zero-order chi connectivity index (χ0) is 15.0. The van der Waals surface area contributed by atoms with E-state index in [2.05, 4.69) is 27.8 Å². The molecule has 3 rings (SSSR count). The predicted octanol–water partition coefficient (Wildman–Crippen LogP) is 3.20. The predicted molar refractivity (Wildman–Crippen MR) is 85.5 cm³/mol. The number of rotatable bonds is 3. The monoisotopic (exact) mass is 350 g/mol. The van der Waals surface area contributed by atoms with Crippen LogP contribution in [0.25, 0.3) is 0 Å². The Labute approximate surface area is 133 Å². The van der Waals surface area contributed by atoms with Crippen LogP contribution < -0.4 is 4.90 Å². The molecule has 0 aliphatic carbocycles. The molecule has 5 heteroatoms. The van der Waals surface area contributed by atoms with Gasteiger partial charge in [0.25, 0.3) is 5.78 Å². The van der Waals surface area contributed by atoms with Crippen molar-refractivity contribution < 1.29 is 9.59 Å². The first-order valence-corrected chi connectivity index (χ1v) is 8.31. The minimum absolute atomic E-state index is 0.392. The summed E-state index contributed by atoms with van der Waals surface area (Å²) in [6, 6.07) is 5.99. The van der Waals surface area contributed by atoms with Crippen LogP contribution in [0, 0.1) is 0 Å². The Kier molecular flexibility index (Phi) is 4.13. The molecule has 1 atom stereocenters. The van der Waals surface area contributed by atoms with Gasteiger partial charge in [-0.15, -0.1) is 0 Å². The normalized spacial score (nSPS) is 22.8. The van der Waals surface area contributed by atoms with Crippen LogP contribution in [0.15, 0.2) is 22.7 Å². The van der Waals surface area contributed by atoms with Crippen LogP contribution in [-0.2, 0) is 4.79 Å². The number of amides is 1. The first-order valence-electron chi connectivity index (χ1n) is 7.51. The number of likely N-dealkylation sites (tertiary alicyclic amines) is 1. The molecule has 0 spiro atoms. The summed E-state index contributed by atoms with van der Waals surface area (Å²) in [5.74, 6) is -0.792. The molecule has 2 heterocycles. The lowest BCUT2D eigenvalue weighted by Crippen LogP contribution is -2.47. The third-order valence-corrected chi connectivity index (χ3v) is 4.97. The number of fused-ring (bicyclic) bond motifs is 1. The van der Waals surface area contributed by atoms with Crippen LogP contribution >= 0.6 is 15.9 Å². The van der Waals surface area contributed by atoms with Crippen LogP contribution in [0.5, 0.6) is 0 Å². The van der Waals surface area contributed by atoms with E-state index in [4.69, 9.17) is 0 Å². The average Bonchev–Trinajstić information content (AvgIpc) is 2.73. The molecule has 2 aliphatic heterocycles. The lowest BCUT2D eigenvalue weighted by Gasteiger charge is -2.37. The summed E-state index contributed by atoms with van der Waals surface area (Å²) in [5, 5.41) is 0. The number of hydrogen-bond acceptors (Lipinski definition) is 3. The van der Waals surface area contributed by atoms with Gasteiger partial charge in [0.05, 0.1) is 17.9 Å². The number of ketones is 1. The van der Waals surface area contributed by atoms with Gasteiger partial charge in [-0.1, -0.05) is 29.3 Å². The SMILES string of the molecule is CC[C@H]1CCCCN1CN1C(=O)C(=O)c2cc(Br)ccc21. The second kappa shape index (κ2) is 5.89. The minimum atomic E-state index is -0.400. The lowest BCUT2D eigenvalue weighted by molar-refractivity contribution is -0.114. The summed E-state index contributed by atoms with van der Waals surface area (Å²) < 4.78 is 0.827. The largest absolute Gasteiger partial charge is 0.300 e. The van der Waals surface area contributed by atoms with E-state index < -0.39 is 11.7 Å². The Morgan fingerprint density at radius 3 is 2.86 bits per heavy atom. The molecule has 0 aromatic heterocycles. The number of piperidine rings is 1. The highest BCUT2D eigenvalue weighted by Gasteiger charge is 2.37. The van der Waals surface area contributed by atoms with Gasteiger partial charge in [0.1, 0.15) is 0 Å². The number of Topliss-reactive ketones (excluding diaryl/α,β-unsaturated/α-hetero) is 1. The molecule has 1 aromatic carbocycles. The molecule has 4 nitrogen and oxygen atoms in total. The van der Waals surface area contributed by atoms with Gasteiger partial charge in [0.15, 0.2) is 0 Å². The summed E-state index contributed by atoms with van der Waals surface area (Å²) in [6.45, 7) is 3.71. The van der Waals surface area contributed by atoms with E-state index in [1.807, 2.05) is 12.1 Å². The third kappa shape index (κ3) is 2.64. The van der Waals surface area contributed by atoms with E-state index in [1.54, 1.807) is 11.0 Å². The van der Waals surface area contributed by atoms with Gasteiger partial charge in [-0.25, -0.2) is 0 Å². The summed E-state index contributed by atoms with van der Waals surface area (Å²) in [6.07, 6.45) is 4.69. The molecule has 0 N–H and O–H groups in total. The van der Waals surface area contributed by atoms with Gasteiger partial charge in [-0.05, 0) is 37.5 Å². The van der Waals surface area contributed by atoms with Gasteiger partial charge < -0.3 is 0 Å². The maximum atomic E-state index is 12.3. The number of carbonyl (C=O) groups excluding carboxylic acids is 2.